The van der Waals surface area contributed by atoms with Crippen molar-refractivity contribution < 1.29 is 17.9 Å². The van der Waals surface area contributed by atoms with Crippen LogP contribution in [0.1, 0.15) is 12.8 Å². The van der Waals surface area contributed by atoms with Crippen molar-refractivity contribution in [2.45, 2.75) is 17.7 Å². The van der Waals surface area contributed by atoms with Crippen molar-refractivity contribution in [1.29, 1.82) is 0 Å². The van der Waals surface area contributed by atoms with Crippen LogP contribution in [0.3, 0.4) is 0 Å². The van der Waals surface area contributed by atoms with E-state index in [1.54, 1.807) is 6.07 Å². The lowest BCUT2D eigenvalue weighted by atomic mass is 10.1. The summed E-state index contributed by atoms with van der Waals surface area (Å²) in [6, 6.07) is 17.7. The number of hydrogen-bond donors (Lipinski definition) is 1. The first-order valence-electron chi connectivity index (χ1n) is 9.65. The van der Waals surface area contributed by atoms with Crippen LogP contribution in [0.25, 0.3) is 10.8 Å². The van der Waals surface area contributed by atoms with E-state index in [0.29, 0.717) is 23.8 Å². The van der Waals surface area contributed by atoms with Gasteiger partial charge in [-0.1, -0.05) is 48.0 Å². The highest BCUT2D eigenvalue weighted by Crippen LogP contribution is 2.31. The van der Waals surface area contributed by atoms with Crippen LogP contribution in [0, 0.1) is 0 Å². The second kappa shape index (κ2) is 8.63. The number of carbonyl (C=O) groups is 1. The zero-order chi connectivity index (χ0) is 21.1. The molecule has 0 aliphatic carbocycles. The SMILES string of the molecule is O=C(COc1ccc(Cl)cc1S(=O)(=O)N1CCCC1)Nc1cccc2ccccc12. The summed E-state index contributed by atoms with van der Waals surface area (Å²) < 4.78 is 33.0. The molecule has 1 fully saturated rings. The van der Waals surface area contributed by atoms with E-state index in [4.69, 9.17) is 16.3 Å². The molecule has 0 spiro atoms. The summed E-state index contributed by atoms with van der Waals surface area (Å²) in [4.78, 5) is 12.5. The van der Waals surface area contributed by atoms with Gasteiger partial charge in [0.2, 0.25) is 10.0 Å². The largest absolute Gasteiger partial charge is 0.482 e. The van der Waals surface area contributed by atoms with E-state index in [1.165, 1.54) is 16.4 Å². The van der Waals surface area contributed by atoms with Gasteiger partial charge in [-0.3, -0.25) is 4.79 Å². The van der Waals surface area contributed by atoms with Crippen molar-refractivity contribution in [2.24, 2.45) is 0 Å². The predicted octanol–water partition coefficient (Wildman–Crippen LogP) is 4.30. The molecule has 1 N–H and O–H groups in total. The Morgan fingerprint density at radius 3 is 2.57 bits per heavy atom. The Morgan fingerprint density at radius 1 is 1.03 bits per heavy atom. The van der Waals surface area contributed by atoms with E-state index in [1.807, 2.05) is 42.5 Å². The molecule has 0 bridgehead atoms. The number of halogens is 1. The third-order valence-corrected chi connectivity index (χ3v) is 7.17. The monoisotopic (exact) mass is 444 g/mol. The number of sulfonamides is 1. The van der Waals surface area contributed by atoms with Crippen LogP contribution < -0.4 is 10.1 Å². The van der Waals surface area contributed by atoms with Crippen LogP contribution in [-0.2, 0) is 14.8 Å². The minimum Gasteiger partial charge on any atom is -0.482 e. The van der Waals surface area contributed by atoms with Gasteiger partial charge in [0.15, 0.2) is 6.61 Å². The number of carbonyl (C=O) groups excluding carboxylic acids is 1. The number of nitrogens with zero attached hydrogens (tertiary/aromatic N) is 1. The topological polar surface area (TPSA) is 75.7 Å². The minimum absolute atomic E-state index is 0.0186. The molecule has 4 rings (SSSR count). The Bertz CT molecular complexity index is 1190. The maximum absolute atomic E-state index is 13.0. The number of ether oxygens (including phenoxy) is 1. The van der Waals surface area contributed by atoms with Crippen LogP contribution in [-0.4, -0.2) is 38.3 Å². The van der Waals surface area contributed by atoms with Gasteiger partial charge in [-0.2, -0.15) is 4.31 Å². The van der Waals surface area contributed by atoms with Crippen LogP contribution in [0.2, 0.25) is 5.02 Å². The summed E-state index contributed by atoms with van der Waals surface area (Å²) in [5, 5.41) is 5.04. The number of rotatable bonds is 6. The Kier molecular flexibility index (Phi) is 5.94. The molecule has 0 aromatic heterocycles. The molecule has 30 heavy (non-hydrogen) atoms. The lowest BCUT2D eigenvalue weighted by Crippen LogP contribution is -2.28. The molecular weight excluding hydrogens is 424 g/mol. The lowest BCUT2D eigenvalue weighted by Gasteiger charge is -2.18. The van der Waals surface area contributed by atoms with Gasteiger partial charge in [-0.05, 0) is 42.5 Å². The summed E-state index contributed by atoms with van der Waals surface area (Å²) >= 11 is 6.04. The highest BCUT2D eigenvalue weighted by Gasteiger charge is 2.30. The number of nitrogens with one attached hydrogen (secondary N) is 1. The van der Waals surface area contributed by atoms with E-state index >= 15 is 0 Å². The van der Waals surface area contributed by atoms with E-state index in [-0.39, 0.29) is 23.2 Å². The third-order valence-electron chi connectivity index (χ3n) is 5.01. The first-order chi connectivity index (χ1) is 14.4. The van der Waals surface area contributed by atoms with Crippen LogP contribution in [0.4, 0.5) is 5.69 Å². The molecule has 1 saturated heterocycles. The second-order valence-electron chi connectivity index (χ2n) is 7.07. The molecule has 0 saturated carbocycles. The van der Waals surface area contributed by atoms with Crippen LogP contribution in [0.5, 0.6) is 5.75 Å². The van der Waals surface area contributed by atoms with Crippen LogP contribution in [0.15, 0.2) is 65.6 Å². The normalized spacial score (nSPS) is 14.7. The molecule has 1 aliphatic heterocycles. The fourth-order valence-electron chi connectivity index (χ4n) is 3.53. The van der Waals surface area contributed by atoms with Gasteiger partial charge in [-0.25, -0.2) is 8.42 Å². The quantitative estimate of drug-likeness (QED) is 0.615. The molecule has 0 unspecified atom stereocenters. The van der Waals surface area contributed by atoms with Crippen molar-refractivity contribution in [1.82, 2.24) is 4.31 Å². The third kappa shape index (κ3) is 4.28. The van der Waals surface area contributed by atoms with E-state index in [0.717, 1.165) is 23.6 Å². The Hall–Kier alpha value is -2.61. The zero-order valence-electron chi connectivity index (χ0n) is 16.2. The van der Waals surface area contributed by atoms with Gasteiger partial charge < -0.3 is 10.1 Å². The fourth-order valence-corrected chi connectivity index (χ4v) is 5.45. The summed E-state index contributed by atoms with van der Waals surface area (Å²) in [7, 11) is -3.74. The maximum Gasteiger partial charge on any atom is 0.262 e. The van der Waals surface area contributed by atoms with Crippen molar-refractivity contribution in [3.05, 3.63) is 65.7 Å². The van der Waals surface area contributed by atoms with E-state index in [2.05, 4.69) is 5.32 Å². The Balaban J connectivity index is 1.52. The molecule has 6 nitrogen and oxygen atoms in total. The molecule has 0 radical (unpaired) electrons. The standard InChI is InChI=1S/C22H21ClN2O4S/c23-17-10-11-20(21(14-17)30(27,28)25-12-3-4-13-25)29-15-22(26)24-19-9-5-7-16-6-1-2-8-18(16)19/h1-2,5-11,14H,3-4,12-13,15H2,(H,24,26). The second-order valence-corrected chi connectivity index (χ2v) is 9.41. The Morgan fingerprint density at radius 2 is 1.77 bits per heavy atom. The van der Waals surface area contributed by atoms with Gasteiger partial charge in [0.05, 0.1) is 0 Å². The highest BCUT2D eigenvalue weighted by molar-refractivity contribution is 7.89. The molecule has 3 aromatic carbocycles. The van der Waals surface area contributed by atoms with Crippen molar-refractivity contribution in [3.8, 4) is 5.75 Å². The molecule has 3 aromatic rings. The maximum atomic E-state index is 13.0. The summed E-state index contributed by atoms with van der Waals surface area (Å²) in [5.41, 5.74) is 0.669. The van der Waals surface area contributed by atoms with Crippen LogP contribution >= 0.6 is 11.6 Å². The summed E-state index contributed by atoms with van der Waals surface area (Å²) in [6.45, 7) is 0.610. The molecule has 1 aliphatic rings. The first-order valence-corrected chi connectivity index (χ1v) is 11.5. The molecule has 156 valence electrons. The average molecular weight is 445 g/mol. The van der Waals surface area contributed by atoms with Gasteiger partial charge in [0.1, 0.15) is 10.6 Å². The van der Waals surface area contributed by atoms with E-state index < -0.39 is 10.0 Å². The Labute approximate surface area is 180 Å². The number of fused-ring (bicyclic) bond motifs is 1. The molecule has 0 atom stereocenters. The fraction of sp³-hybridized carbons (Fsp3) is 0.227. The van der Waals surface area contributed by atoms with E-state index in [9.17, 15) is 13.2 Å². The van der Waals surface area contributed by atoms with Crippen molar-refractivity contribution in [3.63, 3.8) is 0 Å². The zero-order valence-corrected chi connectivity index (χ0v) is 17.7. The molecule has 1 amide bonds. The average Bonchev–Trinajstić information content (AvgIpc) is 3.29. The predicted molar refractivity (Wildman–Crippen MR) is 118 cm³/mol. The van der Waals surface area contributed by atoms with Gasteiger partial charge >= 0.3 is 0 Å². The first kappa shape index (κ1) is 20.7. The molecular formula is C22H21ClN2O4S. The smallest absolute Gasteiger partial charge is 0.262 e. The molecule has 1 heterocycles. The number of benzene rings is 3. The van der Waals surface area contributed by atoms with Gasteiger partial charge in [0, 0.05) is 29.2 Å². The van der Waals surface area contributed by atoms with Crippen molar-refractivity contribution in [2.75, 3.05) is 25.0 Å². The van der Waals surface area contributed by atoms with Gasteiger partial charge in [0.25, 0.3) is 5.91 Å². The highest BCUT2D eigenvalue weighted by atomic mass is 35.5. The molecule has 8 heteroatoms. The van der Waals surface area contributed by atoms with Crippen molar-refractivity contribution >= 4 is 44.0 Å². The summed E-state index contributed by atoms with van der Waals surface area (Å²) in [6.07, 6.45) is 1.65. The minimum atomic E-state index is -3.74. The summed E-state index contributed by atoms with van der Waals surface area (Å²) in [5.74, 6) is -0.273. The number of hydrogen-bond acceptors (Lipinski definition) is 4. The number of anilines is 1. The van der Waals surface area contributed by atoms with Gasteiger partial charge in [-0.15, -0.1) is 0 Å². The number of amides is 1. The lowest BCUT2D eigenvalue weighted by molar-refractivity contribution is -0.118.